The molecule has 0 amide bonds. The Labute approximate surface area is 102 Å². The standard InChI is InChI=1S/C13H8N2O3/c16-8-14-10-4-1-3-9(7-10)11-5-2-6-12(15-11)13(17)18/h1-7H,(H,17,18). The fourth-order valence-corrected chi connectivity index (χ4v) is 1.50. The molecule has 1 aromatic carbocycles. The molecule has 1 aromatic heterocycles. The molecule has 0 atom stereocenters. The van der Waals surface area contributed by atoms with E-state index in [1.165, 1.54) is 12.1 Å². The number of nitrogens with zero attached hydrogens (tertiary/aromatic N) is 2. The van der Waals surface area contributed by atoms with Crippen LogP contribution in [0.4, 0.5) is 5.69 Å². The summed E-state index contributed by atoms with van der Waals surface area (Å²) in [4.78, 5) is 28.5. The minimum absolute atomic E-state index is 0.0307. The average molecular weight is 240 g/mol. The van der Waals surface area contributed by atoms with Crippen LogP contribution < -0.4 is 0 Å². The van der Waals surface area contributed by atoms with Crippen molar-refractivity contribution < 1.29 is 14.7 Å². The molecule has 0 aliphatic carbocycles. The zero-order chi connectivity index (χ0) is 13.0. The molecule has 0 saturated carbocycles. The van der Waals surface area contributed by atoms with Gasteiger partial charge < -0.3 is 5.11 Å². The maximum Gasteiger partial charge on any atom is 0.354 e. The molecule has 0 radical (unpaired) electrons. The molecule has 0 aliphatic rings. The number of carbonyl (C=O) groups excluding carboxylic acids is 1. The van der Waals surface area contributed by atoms with Crippen LogP contribution in [-0.4, -0.2) is 22.1 Å². The fourth-order valence-electron chi connectivity index (χ4n) is 1.50. The monoisotopic (exact) mass is 240 g/mol. The average Bonchev–Trinajstić information content (AvgIpc) is 2.39. The molecule has 0 bridgehead atoms. The highest BCUT2D eigenvalue weighted by Crippen LogP contribution is 2.22. The Balaban J connectivity index is 2.48. The summed E-state index contributed by atoms with van der Waals surface area (Å²) >= 11 is 0. The van der Waals surface area contributed by atoms with Crippen LogP contribution in [0.25, 0.3) is 11.3 Å². The Kier molecular flexibility index (Phi) is 3.27. The first-order valence-corrected chi connectivity index (χ1v) is 5.09. The molecule has 0 fully saturated rings. The molecule has 0 aliphatic heterocycles. The van der Waals surface area contributed by atoms with Gasteiger partial charge in [0.2, 0.25) is 6.08 Å². The normalized spacial score (nSPS) is 9.56. The molecule has 2 aromatic rings. The van der Waals surface area contributed by atoms with Crippen molar-refractivity contribution >= 4 is 17.7 Å². The van der Waals surface area contributed by atoms with Gasteiger partial charge in [0.25, 0.3) is 0 Å². The zero-order valence-corrected chi connectivity index (χ0v) is 9.20. The summed E-state index contributed by atoms with van der Waals surface area (Å²) < 4.78 is 0. The number of carboxylic acid groups (broad SMARTS) is 1. The third-order valence-electron chi connectivity index (χ3n) is 2.28. The number of aromatic carboxylic acids is 1. The molecule has 1 heterocycles. The Morgan fingerprint density at radius 2 is 2.00 bits per heavy atom. The molecule has 18 heavy (non-hydrogen) atoms. The molecule has 2 rings (SSSR count). The third-order valence-corrected chi connectivity index (χ3v) is 2.28. The second-order valence-corrected chi connectivity index (χ2v) is 3.47. The number of isocyanates is 1. The van der Waals surface area contributed by atoms with E-state index < -0.39 is 5.97 Å². The van der Waals surface area contributed by atoms with E-state index in [0.29, 0.717) is 16.9 Å². The van der Waals surface area contributed by atoms with E-state index in [2.05, 4.69) is 9.98 Å². The molecule has 88 valence electrons. The van der Waals surface area contributed by atoms with Crippen molar-refractivity contribution in [2.75, 3.05) is 0 Å². The van der Waals surface area contributed by atoms with Crippen LogP contribution in [0.1, 0.15) is 10.5 Å². The van der Waals surface area contributed by atoms with Crippen molar-refractivity contribution in [1.82, 2.24) is 4.98 Å². The van der Waals surface area contributed by atoms with Crippen LogP contribution >= 0.6 is 0 Å². The second-order valence-electron chi connectivity index (χ2n) is 3.47. The smallest absolute Gasteiger partial charge is 0.354 e. The summed E-state index contributed by atoms with van der Waals surface area (Å²) in [5.41, 5.74) is 1.62. The molecule has 0 spiro atoms. The molecule has 5 heteroatoms. The minimum Gasteiger partial charge on any atom is -0.477 e. The van der Waals surface area contributed by atoms with Gasteiger partial charge in [-0.2, -0.15) is 4.99 Å². The van der Waals surface area contributed by atoms with Gasteiger partial charge in [0, 0.05) is 5.56 Å². The summed E-state index contributed by atoms with van der Waals surface area (Å²) in [5.74, 6) is -1.08. The van der Waals surface area contributed by atoms with E-state index in [-0.39, 0.29) is 5.69 Å². The fraction of sp³-hybridized carbons (Fsp3) is 0. The number of pyridine rings is 1. The van der Waals surface area contributed by atoms with E-state index in [9.17, 15) is 9.59 Å². The van der Waals surface area contributed by atoms with Crippen molar-refractivity contribution in [3.63, 3.8) is 0 Å². The van der Waals surface area contributed by atoms with Crippen LogP contribution in [-0.2, 0) is 4.79 Å². The number of benzene rings is 1. The molecule has 1 N–H and O–H groups in total. The maximum atomic E-state index is 10.8. The third kappa shape index (κ3) is 2.48. The lowest BCUT2D eigenvalue weighted by Gasteiger charge is -2.02. The molecular formula is C13H8N2O3. The first kappa shape index (κ1) is 11.7. The summed E-state index contributed by atoms with van der Waals surface area (Å²) in [6, 6.07) is 11.5. The van der Waals surface area contributed by atoms with Gasteiger partial charge in [-0.25, -0.2) is 14.6 Å². The highest BCUT2D eigenvalue weighted by atomic mass is 16.4. The summed E-state index contributed by atoms with van der Waals surface area (Å²) in [6.45, 7) is 0. The van der Waals surface area contributed by atoms with Crippen LogP contribution in [0.2, 0.25) is 0 Å². The Bertz CT molecular complexity index is 603. The Hall–Kier alpha value is -2.78. The highest BCUT2D eigenvalue weighted by Gasteiger charge is 2.06. The lowest BCUT2D eigenvalue weighted by molar-refractivity contribution is 0.0690. The van der Waals surface area contributed by atoms with Crippen molar-refractivity contribution in [2.24, 2.45) is 4.99 Å². The SMILES string of the molecule is O=C=Nc1cccc(-c2cccc(C(=O)O)n2)c1. The van der Waals surface area contributed by atoms with Crippen molar-refractivity contribution in [1.29, 1.82) is 0 Å². The number of aromatic nitrogens is 1. The number of hydrogen-bond donors (Lipinski definition) is 1. The predicted molar refractivity (Wildman–Crippen MR) is 64.4 cm³/mol. The number of carboxylic acids is 1. The van der Waals surface area contributed by atoms with Crippen LogP contribution in [0.15, 0.2) is 47.5 Å². The quantitative estimate of drug-likeness (QED) is 0.660. The van der Waals surface area contributed by atoms with Gasteiger partial charge in [-0.05, 0) is 24.3 Å². The Morgan fingerprint density at radius 1 is 1.22 bits per heavy atom. The highest BCUT2D eigenvalue weighted by molar-refractivity contribution is 5.86. The zero-order valence-electron chi connectivity index (χ0n) is 9.20. The second kappa shape index (κ2) is 5.03. The molecule has 5 nitrogen and oxygen atoms in total. The molecular weight excluding hydrogens is 232 g/mol. The van der Waals surface area contributed by atoms with Crippen molar-refractivity contribution in [2.45, 2.75) is 0 Å². The number of rotatable bonds is 3. The van der Waals surface area contributed by atoms with Crippen molar-refractivity contribution in [3.8, 4) is 11.3 Å². The van der Waals surface area contributed by atoms with Gasteiger partial charge in [-0.15, -0.1) is 0 Å². The number of hydrogen-bond acceptors (Lipinski definition) is 4. The van der Waals surface area contributed by atoms with Crippen LogP contribution in [0, 0.1) is 0 Å². The van der Waals surface area contributed by atoms with Gasteiger partial charge in [0.05, 0.1) is 11.4 Å². The summed E-state index contributed by atoms with van der Waals surface area (Å²) in [7, 11) is 0. The van der Waals surface area contributed by atoms with Gasteiger partial charge in [0.15, 0.2) is 0 Å². The Morgan fingerprint density at radius 3 is 2.72 bits per heavy atom. The van der Waals surface area contributed by atoms with Crippen LogP contribution in [0.5, 0.6) is 0 Å². The first-order valence-electron chi connectivity index (χ1n) is 5.09. The predicted octanol–water partition coefficient (Wildman–Crippen LogP) is 2.41. The number of carbonyl (C=O) groups is 1. The largest absolute Gasteiger partial charge is 0.477 e. The first-order chi connectivity index (χ1) is 8.70. The summed E-state index contributed by atoms with van der Waals surface area (Å²) in [6.07, 6.45) is 1.45. The van der Waals surface area contributed by atoms with E-state index in [0.717, 1.165) is 0 Å². The molecule has 0 unspecified atom stereocenters. The van der Waals surface area contributed by atoms with Gasteiger partial charge in [-0.1, -0.05) is 18.2 Å². The van der Waals surface area contributed by atoms with Crippen molar-refractivity contribution in [3.05, 3.63) is 48.2 Å². The number of aliphatic imine (C=N–C) groups is 1. The summed E-state index contributed by atoms with van der Waals surface area (Å²) in [5, 5.41) is 8.86. The van der Waals surface area contributed by atoms with Crippen LogP contribution in [0.3, 0.4) is 0 Å². The van der Waals surface area contributed by atoms with E-state index in [1.54, 1.807) is 36.4 Å². The molecule has 0 saturated heterocycles. The van der Waals surface area contributed by atoms with Gasteiger partial charge in [0.1, 0.15) is 5.69 Å². The van der Waals surface area contributed by atoms with E-state index in [4.69, 9.17) is 5.11 Å². The minimum atomic E-state index is -1.08. The maximum absolute atomic E-state index is 10.8. The van der Waals surface area contributed by atoms with Gasteiger partial charge >= 0.3 is 5.97 Å². The lowest BCUT2D eigenvalue weighted by Crippen LogP contribution is -2.00. The van der Waals surface area contributed by atoms with E-state index >= 15 is 0 Å². The lowest BCUT2D eigenvalue weighted by atomic mass is 10.1. The van der Waals surface area contributed by atoms with Gasteiger partial charge in [-0.3, -0.25) is 0 Å². The topological polar surface area (TPSA) is 79.6 Å². The van der Waals surface area contributed by atoms with E-state index in [1.807, 2.05) is 0 Å².